The SMILES string of the molecule is CNc1ccc(Oc2ccnc3cc(OC/C=C/CCS)c(OC)cc23)c(F)c1. The van der Waals surface area contributed by atoms with Crippen molar-refractivity contribution in [2.24, 2.45) is 0 Å². The van der Waals surface area contributed by atoms with Gasteiger partial charge in [-0.25, -0.2) is 4.39 Å². The number of pyridine rings is 1. The van der Waals surface area contributed by atoms with E-state index < -0.39 is 5.82 Å². The quantitative estimate of drug-likeness (QED) is 0.359. The van der Waals surface area contributed by atoms with Crippen LogP contribution in [-0.2, 0) is 0 Å². The van der Waals surface area contributed by atoms with Crippen LogP contribution in [0, 0.1) is 5.82 Å². The Morgan fingerprint density at radius 1 is 1.07 bits per heavy atom. The van der Waals surface area contributed by atoms with Crippen LogP contribution in [-0.4, -0.2) is 31.5 Å². The molecule has 0 bridgehead atoms. The van der Waals surface area contributed by atoms with Gasteiger partial charge in [-0.1, -0.05) is 12.2 Å². The Balaban J connectivity index is 1.90. The monoisotopic (exact) mass is 414 g/mol. The number of allylic oxidation sites excluding steroid dienone is 1. The molecule has 5 nitrogen and oxygen atoms in total. The van der Waals surface area contributed by atoms with Crippen LogP contribution in [0.5, 0.6) is 23.0 Å². The summed E-state index contributed by atoms with van der Waals surface area (Å²) in [5.74, 6) is 2.06. The van der Waals surface area contributed by atoms with E-state index in [1.165, 1.54) is 6.07 Å². The normalized spacial score (nSPS) is 11.0. The van der Waals surface area contributed by atoms with E-state index in [0.717, 1.165) is 12.2 Å². The molecule has 3 aromatic rings. The van der Waals surface area contributed by atoms with Gasteiger partial charge >= 0.3 is 0 Å². The molecule has 0 fully saturated rings. The molecule has 0 saturated heterocycles. The first-order valence-electron chi connectivity index (χ1n) is 9.17. The molecule has 1 N–H and O–H groups in total. The van der Waals surface area contributed by atoms with Gasteiger partial charge in [0.1, 0.15) is 12.4 Å². The maximum absolute atomic E-state index is 14.3. The molecule has 29 heavy (non-hydrogen) atoms. The summed E-state index contributed by atoms with van der Waals surface area (Å²) in [4.78, 5) is 4.38. The fourth-order valence-corrected chi connectivity index (χ4v) is 2.89. The van der Waals surface area contributed by atoms with Gasteiger partial charge < -0.3 is 19.5 Å². The fraction of sp³-hybridized carbons (Fsp3) is 0.227. The van der Waals surface area contributed by atoms with E-state index >= 15 is 0 Å². The van der Waals surface area contributed by atoms with Gasteiger partial charge in [-0.15, -0.1) is 0 Å². The Morgan fingerprint density at radius 3 is 2.66 bits per heavy atom. The number of nitrogens with zero attached hydrogens (tertiary/aromatic N) is 1. The number of aromatic nitrogens is 1. The topological polar surface area (TPSA) is 52.6 Å². The standard InChI is InChI=1S/C22H23FN2O3S/c1-24-15-6-7-20(17(23)12-15)28-19-8-9-25-18-14-22(21(26-2)13-16(18)19)27-10-4-3-5-11-29/h3-4,6-9,12-14,24,29H,5,10-11H2,1-2H3/b4-3+. The average Bonchev–Trinajstić information content (AvgIpc) is 2.74. The van der Waals surface area contributed by atoms with Crippen LogP contribution in [0.25, 0.3) is 10.9 Å². The number of fused-ring (bicyclic) bond motifs is 1. The Bertz CT molecular complexity index is 1010. The van der Waals surface area contributed by atoms with Crippen molar-refractivity contribution in [3.8, 4) is 23.0 Å². The van der Waals surface area contributed by atoms with Crippen LogP contribution in [0.1, 0.15) is 6.42 Å². The largest absolute Gasteiger partial charge is 0.493 e. The second kappa shape index (κ2) is 10.0. The minimum atomic E-state index is -0.457. The third-order valence-corrected chi connectivity index (χ3v) is 4.48. The molecule has 0 atom stereocenters. The number of benzene rings is 2. The predicted octanol–water partition coefficient (Wildman–Crippen LogP) is 5.47. The van der Waals surface area contributed by atoms with Gasteiger partial charge in [0.25, 0.3) is 0 Å². The molecule has 3 rings (SSSR count). The van der Waals surface area contributed by atoms with Crippen LogP contribution < -0.4 is 19.5 Å². The van der Waals surface area contributed by atoms with Gasteiger partial charge in [0.2, 0.25) is 0 Å². The van der Waals surface area contributed by atoms with Crippen molar-refractivity contribution in [2.75, 3.05) is 31.8 Å². The molecule has 7 heteroatoms. The second-order valence-electron chi connectivity index (χ2n) is 6.12. The molecule has 152 valence electrons. The first-order valence-corrected chi connectivity index (χ1v) is 9.80. The lowest BCUT2D eigenvalue weighted by molar-refractivity contribution is 0.326. The molecule has 0 aliphatic heterocycles. The van der Waals surface area contributed by atoms with Crippen molar-refractivity contribution < 1.29 is 18.6 Å². The fourth-order valence-electron chi connectivity index (χ4n) is 2.75. The summed E-state index contributed by atoms with van der Waals surface area (Å²) in [6, 6.07) is 9.97. The smallest absolute Gasteiger partial charge is 0.167 e. The zero-order chi connectivity index (χ0) is 20.6. The van der Waals surface area contributed by atoms with Crippen LogP contribution >= 0.6 is 12.6 Å². The van der Waals surface area contributed by atoms with Gasteiger partial charge in [0.15, 0.2) is 23.1 Å². The van der Waals surface area contributed by atoms with Crippen LogP contribution in [0.3, 0.4) is 0 Å². The molecule has 2 aromatic carbocycles. The lowest BCUT2D eigenvalue weighted by Crippen LogP contribution is -1.98. The Kier molecular flexibility index (Phi) is 7.19. The molecular weight excluding hydrogens is 391 g/mol. The molecule has 1 heterocycles. The molecule has 0 spiro atoms. The number of nitrogens with one attached hydrogen (secondary N) is 1. The summed E-state index contributed by atoms with van der Waals surface area (Å²) in [6.45, 7) is 0.412. The van der Waals surface area contributed by atoms with Crippen molar-refractivity contribution in [1.82, 2.24) is 4.98 Å². The highest BCUT2D eigenvalue weighted by atomic mass is 32.1. The van der Waals surface area contributed by atoms with E-state index in [1.54, 1.807) is 50.7 Å². The van der Waals surface area contributed by atoms with Crippen molar-refractivity contribution in [3.05, 3.63) is 60.6 Å². The molecule has 0 saturated carbocycles. The zero-order valence-electron chi connectivity index (χ0n) is 16.3. The predicted molar refractivity (Wildman–Crippen MR) is 117 cm³/mol. The maximum atomic E-state index is 14.3. The van der Waals surface area contributed by atoms with E-state index in [9.17, 15) is 4.39 Å². The van der Waals surface area contributed by atoms with E-state index in [1.807, 2.05) is 12.2 Å². The third-order valence-electron chi connectivity index (χ3n) is 4.22. The Hall–Kier alpha value is -2.93. The molecule has 1 aromatic heterocycles. The van der Waals surface area contributed by atoms with Gasteiger partial charge in [-0.05, 0) is 36.4 Å². The van der Waals surface area contributed by atoms with Crippen molar-refractivity contribution >= 4 is 29.2 Å². The molecule has 0 aliphatic rings. The summed E-state index contributed by atoms with van der Waals surface area (Å²) in [7, 11) is 3.30. The minimum absolute atomic E-state index is 0.130. The van der Waals surface area contributed by atoms with E-state index in [4.69, 9.17) is 14.2 Å². The summed E-state index contributed by atoms with van der Waals surface area (Å²) in [6.07, 6.45) is 6.44. The molecule has 0 aliphatic carbocycles. The number of ether oxygens (including phenoxy) is 3. The average molecular weight is 415 g/mol. The van der Waals surface area contributed by atoms with Crippen molar-refractivity contribution in [3.63, 3.8) is 0 Å². The molecule has 0 radical (unpaired) electrons. The van der Waals surface area contributed by atoms with Gasteiger partial charge in [0, 0.05) is 36.5 Å². The third kappa shape index (κ3) is 5.12. The number of rotatable bonds is 9. The minimum Gasteiger partial charge on any atom is -0.493 e. The van der Waals surface area contributed by atoms with Gasteiger partial charge in [0.05, 0.1) is 12.6 Å². The van der Waals surface area contributed by atoms with Gasteiger partial charge in [-0.3, -0.25) is 4.98 Å². The first kappa shape index (κ1) is 20.8. The molecular formula is C22H23FN2O3S. The molecule has 0 amide bonds. The highest BCUT2D eigenvalue weighted by molar-refractivity contribution is 7.80. The number of hydrogen-bond donors (Lipinski definition) is 2. The lowest BCUT2D eigenvalue weighted by Gasteiger charge is -2.14. The number of methoxy groups -OCH3 is 1. The maximum Gasteiger partial charge on any atom is 0.167 e. The summed E-state index contributed by atoms with van der Waals surface area (Å²) in [5, 5.41) is 3.59. The first-order chi connectivity index (χ1) is 14.2. The zero-order valence-corrected chi connectivity index (χ0v) is 17.2. The van der Waals surface area contributed by atoms with Crippen molar-refractivity contribution in [1.29, 1.82) is 0 Å². The number of hydrogen-bond acceptors (Lipinski definition) is 6. The summed E-state index contributed by atoms with van der Waals surface area (Å²) < 4.78 is 31.4. The van der Waals surface area contributed by atoms with E-state index in [2.05, 4.69) is 22.9 Å². The number of anilines is 1. The highest BCUT2D eigenvalue weighted by Crippen LogP contribution is 2.37. The molecule has 0 unspecified atom stereocenters. The summed E-state index contributed by atoms with van der Waals surface area (Å²) >= 11 is 4.17. The summed E-state index contributed by atoms with van der Waals surface area (Å²) in [5.41, 5.74) is 1.33. The second-order valence-corrected chi connectivity index (χ2v) is 6.57. The Labute approximate surface area is 174 Å². The van der Waals surface area contributed by atoms with Gasteiger partial charge in [-0.2, -0.15) is 12.6 Å². The van der Waals surface area contributed by atoms with Crippen molar-refractivity contribution in [2.45, 2.75) is 6.42 Å². The lowest BCUT2D eigenvalue weighted by atomic mass is 10.1. The Morgan fingerprint density at radius 2 is 1.93 bits per heavy atom. The number of halogens is 1. The van der Waals surface area contributed by atoms with Crippen LogP contribution in [0.4, 0.5) is 10.1 Å². The van der Waals surface area contributed by atoms with Crippen LogP contribution in [0.2, 0.25) is 0 Å². The highest BCUT2D eigenvalue weighted by Gasteiger charge is 2.13. The van der Waals surface area contributed by atoms with E-state index in [-0.39, 0.29) is 5.75 Å². The number of thiol groups is 1. The van der Waals surface area contributed by atoms with E-state index in [0.29, 0.717) is 40.4 Å². The van der Waals surface area contributed by atoms with Crippen LogP contribution in [0.15, 0.2) is 54.7 Å².